The molecule has 6 heteroatoms. The van der Waals surface area contributed by atoms with Gasteiger partial charge in [0, 0.05) is 12.5 Å². The summed E-state index contributed by atoms with van der Waals surface area (Å²) in [4.78, 5) is 11.8. The molecule has 2 aromatic carbocycles. The molecule has 0 aliphatic heterocycles. The molecule has 174 valence electrons. The van der Waals surface area contributed by atoms with Crippen molar-refractivity contribution in [2.24, 2.45) is 5.92 Å². The van der Waals surface area contributed by atoms with Gasteiger partial charge in [0.1, 0.15) is 11.4 Å². The van der Waals surface area contributed by atoms with Crippen molar-refractivity contribution in [2.45, 2.75) is 45.8 Å². The lowest BCUT2D eigenvalue weighted by Crippen LogP contribution is -2.66. The van der Waals surface area contributed by atoms with E-state index in [-0.39, 0.29) is 28.9 Å². The fourth-order valence-corrected chi connectivity index (χ4v) is 8.65. The van der Waals surface area contributed by atoms with E-state index < -0.39 is 14.4 Å². The van der Waals surface area contributed by atoms with Crippen LogP contribution >= 0.6 is 15.9 Å². The maximum Gasteiger partial charge on any atom is 0.317 e. The Labute approximate surface area is 201 Å². The van der Waals surface area contributed by atoms with E-state index >= 15 is 0 Å². The summed E-state index contributed by atoms with van der Waals surface area (Å²) < 4.78 is 12.5. The molecule has 1 N–H and O–H groups in total. The summed E-state index contributed by atoms with van der Waals surface area (Å²) >= 11 is 3.13. The van der Waals surface area contributed by atoms with Gasteiger partial charge >= 0.3 is 5.97 Å². The van der Waals surface area contributed by atoms with Crippen LogP contribution < -0.4 is 10.4 Å². The largest absolute Gasteiger partial charge is 0.457 e. The van der Waals surface area contributed by atoms with Crippen LogP contribution in [0.4, 0.5) is 0 Å². The van der Waals surface area contributed by atoms with E-state index in [4.69, 9.17) is 9.16 Å². The van der Waals surface area contributed by atoms with Crippen LogP contribution in [0.1, 0.15) is 34.6 Å². The highest BCUT2D eigenvalue weighted by Gasteiger charge is 2.50. The number of alkyl halides is 1. The third kappa shape index (κ3) is 6.41. The molecule has 0 bridgehead atoms. The molecule has 0 unspecified atom stereocenters. The van der Waals surface area contributed by atoms with Crippen LogP contribution in [-0.4, -0.2) is 44.0 Å². The number of ether oxygens (including phenoxy) is 1. The van der Waals surface area contributed by atoms with Gasteiger partial charge in [-0.2, -0.15) is 0 Å². The van der Waals surface area contributed by atoms with Gasteiger partial charge in [0.25, 0.3) is 8.32 Å². The smallest absolute Gasteiger partial charge is 0.317 e. The predicted molar refractivity (Wildman–Crippen MR) is 137 cm³/mol. The molecule has 2 rings (SSSR count). The van der Waals surface area contributed by atoms with E-state index in [9.17, 15) is 9.90 Å². The third-order valence-corrected chi connectivity index (χ3v) is 11.0. The highest BCUT2D eigenvalue weighted by atomic mass is 79.9. The molecule has 0 aliphatic carbocycles. The van der Waals surface area contributed by atoms with Gasteiger partial charge in [-0.25, -0.2) is 0 Å². The molecular formula is C26H35BrO4Si. The van der Waals surface area contributed by atoms with Gasteiger partial charge in [-0.1, -0.05) is 104 Å². The lowest BCUT2D eigenvalue weighted by atomic mass is 10.0. The van der Waals surface area contributed by atoms with Crippen molar-refractivity contribution in [1.29, 1.82) is 0 Å². The van der Waals surface area contributed by atoms with Gasteiger partial charge in [-0.3, -0.25) is 4.79 Å². The van der Waals surface area contributed by atoms with Crippen LogP contribution in [0.5, 0.6) is 0 Å². The molecular weight excluding hydrogens is 484 g/mol. The summed E-state index contributed by atoms with van der Waals surface area (Å²) in [5, 5.41) is 12.1. The van der Waals surface area contributed by atoms with Crippen molar-refractivity contribution in [3.63, 3.8) is 0 Å². The SMILES string of the molecule is C/C(=C/[C@@H](OC(=O)CBr)[C@H](C)CO)CO[Si](c1ccccc1)(c1ccccc1)C(C)(C)C. The zero-order valence-electron chi connectivity index (χ0n) is 19.7. The fraction of sp³-hybridized carbons (Fsp3) is 0.423. The number of carbonyl (C=O) groups is 1. The van der Waals surface area contributed by atoms with Gasteiger partial charge in [0.05, 0.1) is 6.61 Å². The van der Waals surface area contributed by atoms with Crippen LogP contribution in [0, 0.1) is 5.92 Å². The van der Waals surface area contributed by atoms with Crippen LogP contribution in [0.2, 0.25) is 5.04 Å². The van der Waals surface area contributed by atoms with E-state index in [1.807, 2.05) is 32.1 Å². The van der Waals surface area contributed by atoms with Crippen LogP contribution in [-0.2, 0) is 14.0 Å². The molecule has 32 heavy (non-hydrogen) atoms. The van der Waals surface area contributed by atoms with E-state index in [0.29, 0.717) is 6.61 Å². The van der Waals surface area contributed by atoms with Crippen molar-refractivity contribution in [3.8, 4) is 0 Å². The number of carbonyl (C=O) groups excluding carboxylic acids is 1. The minimum atomic E-state index is -2.64. The molecule has 2 atom stereocenters. The molecule has 0 aromatic heterocycles. The van der Waals surface area contributed by atoms with Gasteiger partial charge in [-0.05, 0) is 34.0 Å². The number of aliphatic hydroxyl groups excluding tert-OH is 1. The second kappa shape index (κ2) is 11.9. The second-order valence-corrected chi connectivity index (χ2v) is 14.1. The molecule has 0 spiro atoms. The minimum absolute atomic E-state index is 0.0699. The first-order chi connectivity index (χ1) is 15.2. The van der Waals surface area contributed by atoms with E-state index in [1.54, 1.807) is 0 Å². The zero-order chi connectivity index (χ0) is 23.8. The normalized spacial score (nSPS) is 14.7. The third-order valence-electron chi connectivity index (χ3n) is 5.61. The number of hydrogen-bond donors (Lipinski definition) is 1. The zero-order valence-corrected chi connectivity index (χ0v) is 22.3. The monoisotopic (exact) mass is 518 g/mol. The maximum atomic E-state index is 11.8. The Morgan fingerprint density at radius 2 is 1.56 bits per heavy atom. The second-order valence-electron chi connectivity index (χ2n) is 9.21. The number of rotatable bonds is 10. The van der Waals surface area contributed by atoms with Crippen molar-refractivity contribution < 1.29 is 19.1 Å². The Hall–Kier alpha value is -1.73. The van der Waals surface area contributed by atoms with Crippen molar-refractivity contribution in [3.05, 3.63) is 72.3 Å². The standard InChI is InChI=1S/C26H35BrO4Si/c1-20(16-24(21(2)18-28)31-25(29)17-27)19-30-32(26(3,4)5,22-12-8-6-9-13-22)23-14-10-7-11-15-23/h6-16,21,24,28H,17-19H2,1-5H3/b20-16-/t21-,24-/m1/s1. The Kier molecular flexibility index (Phi) is 9.89. The number of hydrogen-bond acceptors (Lipinski definition) is 4. The average molecular weight is 520 g/mol. The minimum Gasteiger partial charge on any atom is -0.457 e. The molecule has 0 amide bonds. The van der Waals surface area contributed by atoms with Crippen molar-refractivity contribution >= 4 is 40.6 Å². The lowest BCUT2D eigenvalue weighted by molar-refractivity contribution is -0.146. The van der Waals surface area contributed by atoms with Crippen molar-refractivity contribution in [1.82, 2.24) is 0 Å². The molecule has 0 radical (unpaired) electrons. The van der Waals surface area contributed by atoms with E-state index in [0.717, 1.165) is 5.57 Å². The summed E-state index contributed by atoms with van der Waals surface area (Å²) in [6.07, 6.45) is 1.40. The van der Waals surface area contributed by atoms with Gasteiger partial charge < -0.3 is 14.3 Å². The Balaban J connectivity index is 2.44. The van der Waals surface area contributed by atoms with Crippen LogP contribution in [0.15, 0.2) is 72.3 Å². The topological polar surface area (TPSA) is 55.8 Å². The Morgan fingerprint density at radius 1 is 1.06 bits per heavy atom. The summed E-state index contributed by atoms with van der Waals surface area (Å²) in [5.74, 6) is -0.562. The van der Waals surface area contributed by atoms with Crippen molar-refractivity contribution in [2.75, 3.05) is 18.5 Å². The average Bonchev–Trinajstić information content (AvgIpc) is 2.78. The molecule has 0 fully saturated rings. The first kappa shape index (κ1) is 26.5. The number of halogens is 1. The molecule has 0 saturated carbocycles. The summed E-state index contributed by atoms with van der Waals surface area (Å²) in [7, 11) is -2.64. The Morgan fingerprint density at radius 3 is 1.97 bits per heavy atom. The summed E-state index contributed by atoms with van der Waals surface area (Å²) in [5.41, 5.74) is 0.964. The quantitative estimate of drug-likeness (QED) is 0.218. The lowest BCUT2D eigenvalue weighted by Gasteiger charge is -2.43. The van der Waals surface area contributed by atoms with Crippen LogP contribution in [0.25, 0.3) is 0 Å². The molecule has 0 saturated heterocycles. The van der Waals surface area contributed by atoms with Gasteiger partial charge in [0.2, 0.25) is 0 Å². The number of esters is 1. The molecule has 0 aliphatic rings. The summed E-state index contributed by atoms with van der Waals surface area (Å²) in [6.45, 7) is 10.9. The fourth-order valence-electron chi connectivity index (χ4n) is 3.91. The molecule has 4 nitrogen and oxygen atoms in total. The van der Waals surface area contributed by atoms with E-state index in [1.165, 1.54) is 10.4 Å². The predicted octanol–water partition coefficient (Wildman–Crippen LogP) is 4.44. The highest BCUT2D eigenvalue weighted by Crippen LogP contribution is 2.37. The first-order valence-electron chi connectivity index (χ1n) is 10.9. The Bertz CT molecular complexity index is 838. The summed E-state index contributed by atoms with van der Waals surface area (Å²) in [6, 6.07) is 21.0. The highest BCUT2D eigenvalue weighted by molar-refractivity contribution is 9.09. The van der Waals surface area contributed by atoms with Gasteiger partial charge in [-0.15, -0.1) is 0 Å². The molecule has 2 aromatic rings. The van der Waals surface area contributed by atoms with Crippen LogP contribution in [0.3, 0.4) is 0 Å². The first-order valence-corrected chi connectivity index (χ1v) is 14.0. The number of aliphatic hydroxyl groups is 1. The maximum absolute atomic E-state index is 11.8. The molecule has 0 heterocycles. The number of benzene rings is 2. The van der Waals surface area contributed by atoms with E-state index in [2.05, 4.69) is 85.2 Å². The van der Waals surface area contributed by atoms with Gasteiger partial charge in [0.15, 0.2) is 0 Å².